The molecule has 0 radical (unpaired) electrons. The van der Waals surface area contributed by atoms with Crippen molar-refractivity contribution >= 4 is 77.2 Å². The van der Waals surface area contributed by atoms with E-state index in [2.05, 4.69) is 4.98 Å². The molecule has 1 aromatic carbocycles. The minimum atomic E-state index is -3.86. The molecular weight excluding hydrogens is 547 g/mol. The molecule has 0 spiro atoms. The number of anilines is 1. The number of carbonyl (C=O) groups excluding carboxylic acids is 1. The molecule has 35 heavy (non-hydrogen) atoms. The second kappa shape index (κ2) is 9.76. The van der Waals surface area contributed by atoms with Crippen LogP contribution in [0.4, 0.5) is 5.13 Å². The molecule has 4 aromatic rings. The van der Waals surface area contributed by atoms with Crippen LogP contribution in [0.3, 0.4) is 0 Å². The SMILES string of the molecule is Cc1c(Cl)ccc2sc(N(Cc3ccncc3)C(=O)C3CCCN3S(=O)(=O)c3ccc(Cl)s3)nc12. The van der Waals surface area contributed by atoms with Crippen molar-refractivity contribution in [2.75, 3.05) is 11.4 Å². The third-order valence-electron chi connectivity index (χ3n) is 5.92. The van der Waals surface area contributed by atoms with E-state index in [4.69, 9.17) is 28.2 Å². The zero-order valence-electron chi connectivity index (χ0n) is 18.5. The van der Waals surface area contributed by atoms with Gasteiger partial charge in [-0.05, 0) is 67.3 Å². The average Bonchev–Trinajstić information content (AvgIpc) is 3.60. The number of rotatable bonds is 6. The molecular formula is C23H20Cl2N4O3S3. The summed E-state index contributed by atoms with van der Waals surface area (Å²) in [6.45, 7) is 2.40. The van der Waals surface area contributed by atoms with Crippen molar-refractivity contribution in [3.05, 3.63) is 69.3 Å². The van der Waals surface area contributed by atoms with Gasteiger partial charge in [-0.3, -0.25) is 14.7 Å². The molecule has 7 nitrogen and oxygen atoms in total. The summed E-state index contributed by atoms with van der Waals surface area (Å²) in [7, 11) is -3.86. The normalized spacial score (nSPS) is 16.7. The number of nitrogens with zero attached hydrogens (tertiary/aromatic N) is 4. The fraction of sp³-hybridized carbons (Fsp3) is 0.261. The second-order valence-corrected chi connectivity index (χ2v) is 13.4. The molecule has 1 amide bonds. The topological polar surface area (TPSA) is 83.5 Å². The Morgan fingerprint density at radius 2 is 1.91 bits per heavy atom. The smallest absolute Gasteiger partial charge is 0.253 e. The molecule has 1 unspecified atom stereocenters. The second-order valence-electron chi connectivity index (χ2n) is 8.13. The van der Waals surface area contributed by atoms with Gasteiger partial charge in [0, 0.05) is 24.0 Å². The highest BCUT2D eigenvalue weighted by atomic mass is 35.5. The van der Waals surface area contributed by atoms with Crippen LogP contribution in [0.2, 0.25) is 9.36 Å². The Morgan fingerprint density at radius 3 is 2.63 bits per heavy atom. The Hall–Kier alpha value is -2.08. The Labute approximate surface area is 221 Å². The molecule has 182 valence electrons. The molecule has 5 rings (SSSR count). The summed E-state index contributed by atoms with van der Waals surface area (Å²) in [6.07, 6.45) is 4.34. The van der Waals surface area contributed by atoms with E-state index in [-0.39, 0.29) is 23.2 Å². The van der Waals surface area contributed by atoms with Crippen LogP contribution in [-0.2, 0) is 21.4 Å². The van der Waals surface area contributed by atoms with E-state index >= 15 is 0 Å². The van der Waals surface area contributed by atoms with Crippen LogP contribution >= 0.6 is 45.9 Å². The number of aromatic nitrogens is 2. The van der Waals surface area contributed by atoms with E-state index in [0.717, 1.165) is 32.7 Å². The van der Waals surface area contributed by atoms with E-state index in [1.165, 1.54) is 21.7 Å². The van der Waals surface area contributed by atoms with Gasteiger partial charge in [0.15, 0.2) is 5.13 Å². The molecule has 4 heterocycles. The number of fused-ring (bicyclic) bond motifs is 1. The van der Waals surface area contributed by atoms with Gasteiger partial charge >= 0.3 is 0 Å². The van der Waals surface area contributed by atoms with E-state index < -0.39 is 16.1 Å². The van der Waals surface area contributed by atoms with E-state index in [1.807, 2.05) is 31.2 Å². The number of thiazole rings is 1. The fourth-order valence-corrected chi connectivity index (χ4v) is 8.57. The molecule has 0 bridgehead atoms. The minimum Gasteiger partial charge on any atom is -0.282 e. The van der Waals surface area contributed by atoms with Gasteiger partial charge in [-0.1, -0.05) is 34.5 Å². The lowest BCUT2D eigenvalue weighted by molar-refractivity contribution is -0.121. The molecule has 1 atom stereocenters. The van der Waals surface area contributed by atoms with Crippen LogP contribution in [0.25, 0.3) is 10.2 Å². The van der Waals surface area contributed by atoms with Crippen LogP contribution in [0.15, 0.2) is 53.0 Å². The largest absolute Gasteiger partial charge is 0.282 e. The van der Waals surface area contributed by atoms with Gasteiger partial charge < -0.3 is 0 Å². The summed E-state index contributed by atoms with van der Waals surface area (Å²) >= 11 is 14.7. The Morgan fingerprint density at radius 1 is 1.14 bits per heavy atom. The third-order valence-corrected chi connectivity index (χ3v) is 11.0. The lowest BCUT2D eigenvalue weighted by Gasteiger charge is -2.28. The number of thiophene rings is 1. The first-order valence-corrected chi connectivity index (χ1v) is 14.6. The molecule has 1 fully saturated rings. The summed E-state index contributed by atoms with van der Waals surface area (Å²) in [6, 6.07) is 9.55. The third kappa shape index (κ3) is 4.71. The number of hydrogen-bond acceptors (Lipinski definition) is 7. The van der Waals surface area contributed by atoms with Gasteiger partial charge in [0.1, 0.15) is 10.3 Å². The van der Waals surface area contributed by atoms with Crippen LogP contribution in [-0.4, -0.2) is 41.2 Å². The van der Waals surface area contributed by atoms with Crippen LogP contribution < -0.4 is 4.90 Å². The molecule has 0 N–H and O–H groups in total. The summed E-state index contributed by atoms with van der Waals surface area (Å²) < 4.78 is 29.5. The first-order valence-electron chi connectivity index (χ1n) is 10.8. The van der Waals surface area contributed by atoms with Crippen LogP contribution in [0.1, 0.15) is 24.0 Å². The average molecular weight is 568 g/mol. The predicted octanol–water partition coefficient (Wildman–Crippen LogP) is 5.75. The number of sulfonamides is 1. The van der Waals surface area contributed by atoms with E-state index in [9.17, 15) is 13.2 Å². The van der Waals surface area contributed by atoms with E-state index in [1.54, 1.807) is 23.4 Å². The lowest BCUT2D eigenvalue weighted by atomic mass is 10.2. The Bertz CT molecular complexity index is 1500. The van der Waals surface area contributed by atoms with Gasteiger partial charge in [0.05, 0.1) is 21.1 Å². The molecule has 1 aliphatic rings. The zero-order chi connectivity index (χ0) is 24.7. The van der Waals surface area contributed by atoms with Crippen molar-refractivity contribution in [2.45, 2.75) is 36.6 Å². The quantitative estimate of drug-likeness (QED) is 0.296. The minimum absolute atomic E-state index is 0.133. The van der Waals surface area contributed by atoms with Gasteiger partial charge in [-0.2, -0.15) is 4.31 Å². The highest BCUT2D eigenvalue weighted by Gasteiger charge is 2.42. The van der Waals surface area contributed by atoms with Gasteiger partial charge in [0.25, 0.3) is 10.0 Å². The standard InChI is InChI=1S/C23H20Cl2N4O3S3/c1-14-16(24)4-5-18-21(14)27-23(33-18)28(13-15-8-10-26-11-9-15)22(30)17-3-2-12-29(17)35(31,32)20-7-6-19(25)34-20/h4-11,17H,2-3,12-13H2,1H3. The highest BCUT2D eigenvalue weighted by Crippen LogP contribution is 2.37. The number of amides is 1. The first kappa shape index (κ1) is 24.6. The number of benzene rings is 1. The number of aryl methyl sites for hydroxylation is 1. The summed E-state index contributed by atoms with van der Waals surface area (Å²) in [4.78, 5) is 24.4. The molecule has 1 saturated heterocycles. The predicted molar refractivity (Wildman–Crippen MR) is 141 cm³/mol. The van der Waals surface area contributed by atoms with Crippen molar-refractivity contribution < 1.29 is 13.2 Å². The lowest BCUT2D eigenvalue weighted by Crippen LogP contribution is -2.47. The van der Waals surface area contributed by atoms with Crippen LogP contribution in [0.5, 0.6) is 0 Å². The summed E-state index contributed by atoms with van der Waals surface area (Å²) in [5.41, 5.74) is 2.43. The molecule has 12 heteroatoms. The highest BCUT2D eigenvalue weighted by molar-refractivity contribution is 7.91. The van der Waals surface area contributed by atoms with E-state index in [0.29, 0.717) is 27.3 Å². The van der Waals surface area contributed by atoms with Gasteiger partial charge in [-0.15, -0.1) is 11.3 Å². The number of halogens is 2. The number of pyridine rings is 1. The number of hydrogen-bond donors (Lipinski definition) is 0. The maximum atomic E-state index is 14.0. The fourth-order valence-electron chi connectivity index (χ4n) is 4.12. The monoisotopic (exact) mass is 566 g/mol. The van der Waals surface area contributed by atoms with Crippen molar-refractivity contribution in [3.63, 3.8) is 0 Å². The Balaban J connectivity index is 1.54. The number of carbonyl (C=O) groups is 1. The van der Waals surface area contributed by atoms with Crippen molar-refractivity contribution in [1.29, 1.82) is 0 Å². The van der Waals surface area contributed by atoms with Gasteiger partial charge in [0.2, 0.25) is 5.91 Å². The molecule has 0 aliphatic carbocycles. The zero-order valence-corrected chi connectivity index (χ0v) is 22.5. The summed E-state index contributed by atoms with van der Waals surface area (Å²) in [5.74, 6) is -0.312. The summed E-state index contributed by atoms with van der Waals surface area (Å²) in [5, 5.41) is 1.10. The maximum absolute atomic E-state index is 14.0. The van der Waals surface area contributed by atoms with Crippen molar-refractivity contribution in [2.24, 2.45) is 0 Å². The molecule has 0 saturated carbocycles. The Kier molecular flexibility index (Phi) is 6.86. The van der Waals surface area contributed by atoms with Crippen molar-refractivity contribution in [3.8, 4) is 0 Å². The maximum Gasteiger partial charge on any atom is 0.253 e. The van der Waals surface area contributed by atoms with Gasteiger partial charge in [-0.25, -0.2) is 13.4 Å². The molecule has 3 aromatic heterocycles. The van der Waals surface area contributed by atoms with Crippen LogP contribution in [0, 0.1) is 6.92 Å². The first-order chi connectivity index (χ1) is 16.8. The molecule has 1 aliphatic heterocycles. The van der Waals surface area contributed by atoms with Crippen molar-refractivity contribution in [1.82, 2.24) is 14.3 Å².